The smallest absolute Gasteiger partial charge is 0.325 e. The van der Waals surface area contributed by atoms with Crippen molar-refractivity contribution in [2.75, 3.05) is 44.8 Å². The van der Waals surface area contributed by atoms with Gasteiger partial charge in [0, 0.05) is 13.1 Å². The molecule has 0 unspecified atom stereocenters. The molecule has 6 nitrogen and oxygen atoms in total. The molecule has 0 spiro atoms. The van der Waals surface area contributed by atoms with Crippen LogP contribution in [0.3, 0.4) is 0 Å². The van der Waals surface area contributed by atoms with Crippen LogP contribution in [0.4, 0.5) is 10.1 Å². The van der Waals surface area contributed by atoms with Gasteiger partial charge in [-0.05, 0) is 19.1 Å². The highest BCUT2D eigenvalue weighted by molar-refractivity contribution is 5.85. The first-order valence-corrected chi connectivity index (χ1v) is 7.08. The summed E-state index contributed by atoms with van der Waals surface area (Å²) in [5, 5.41) is 0. The van der Waals surface area contributed by atoms with Gasteiger partial charge in [0.15, 0.2) is 0 Å². The Kier molecular flexibility index (Phi) is 5.19. The Morgan fingerprint density at radius 1 is 1.45 bits per heavy atom. The highest BCUT2D eigenvalue weighted by atomic mass is 19.1. The second kappa shape index (κ2) is 7.11. The molecule has 7 heteroatoms. The first-order valence-electron chi connectivity index (χ1n) is 7.08. The van der Waals surface area contributed by atoms with Crippen molar-refractivity contribution in [3.05, 3.63) is 24.0 Å². The van der Waals surface area contributed by atoms with E-state index in [4.69, 9.17) is 9.47 Å². The molecule has 120 valence electrons. The summed E-state index contributed by atoms with van der Waals surface area (Å²) in [6, 6.07) is 4.20. The fraction of sp³-hybridized carbons (Fsp3) is 0.467. The molecular weight excluding hydrogens is 291 g/mol. The number of amides is 1. The molecule has 1 aliphatic rings. The van der Waals surface area contributed by atoms with E-state index < -0.39 is 5.97 Å². The number of esters is 1. The van der Waals surface area contributed by atoms with Crippen LogP contribution in [0.25, 0.3) is 0 Å². The molecule has 0 N–H and O–H groups in total. The lowest BCUT2D eigenvalue weighted by molar-refractivity contribution is -0.147. The predicted octanol–water partition coefficient (Wildman–Crippen LogP) is 1.05. The normalized spacial score (nSPS) is 13.1. The molecule has 0 atom stereocenters. The fourth-order valence-corrected chi connectivity index (χ4v) is 2.18. The number of hydrogen-bond acceptors (Lipinski definition) is 5. The van der Waals surface area contributed by atoms with E-state index >= 15 is 0 Å². The summed E-state index contributed by atoms with van der Waals surface area (Å²) in [5.41, 5.74) is 0.545. The minimum absolute atomic E-state index is 0.0513. The first kappa shape index (κ1) is 16.1. The third-order valence-corrected chi connectivity index (χ3v) is 3.30. The zero-order valence-electron chi connectivity index (χ0n) is 12.7. The first-order chi connectivity index (χ1) is 10.5. The largest absolute Gasteiger partial charge is 0.490 e. The highest BCUT2D eigenvalue weighted by Gasteiger charge is 2.23. The standard InChI is InChI=1S/C15H19FN2O4/c1-3-21-15(20)10-17(2)14(19)9-18-6-7-22-13-5-4-11(16)8-12(13)18/h4-5,8H,3,6-7,9-10H2,1-2H3. The Bertz CT molecular complexity index is 564. The van der Waals surface area contributed by atoms with Crippen molar-refractivity contribution in [3.63, 3.8) is 0 Å². The number of ether oxygens (including phenoxy) is 2. The van der Waals surface area contributed by atoms with Gasteiger partial charge in [0.1, 0.15) is 24.7 Å². The van der Waals surface area contributed by atoms with Crippen LogP contribution in [0.2, 0.25) is 0 Å². The van der Waals surface area contributed by atoms with E-state index in [9.17, 15) is 14.0 Å². The molecule has 2 rings (SSSR count). The second-order valence-corrected chi connectivity index (χ2v) is 4.94. The molecule has 0 radical (unpaired) electrons. The molecule has 0 aromatic heterocycles. The maximum atomic E-state index is 13.4. The number of carbonyl (C=O) groups excluding carboxylic acids is 2. The van der Waals surface area contributed by atoms with Crippen molar-refractivity contribution in [3.8, 4) is 5.75 Å². The summed E-state index contributed by atoms with van der Waals surface area (Å²) in [5.74, 6) is -0.535. The SMILES string of the molecule is CCOC(=O)CN(C)C(=O)CN1CCOc2ccc(F)cc21. The van der Waals surface area contributed by atoms with Gasteiger partial charge in [-0.1, -0.05) is 0 Å². The number of fused-ring (bicyclic) bond motifs is 1. The number of anilines is 1. The van der Waals surface area contributed by atoms with Crippen LogP contribution < -0.4 is 9.64 Å². The third kappa shape index (κ3) is 3.87. The number of hydrogen-bond donors (Lipinski definition) is 0. The summed E-state index contributed by atoms with van der Waals surface area (Å²) >= 11 is 0. The van der Waals surface area contributed by atoms with Gasteiger partial charge in [-0.25, -0.2) is 4.39 Å². The van der Waals surface area contributed by atoms with Crippen LogP contribution in [0, 0.1) is 5.82 Å². The van der Waals surface area contributed by atoms with Crippen LogP contribution in [0.1, 0.15) is 6.92 Å². The summed E-state index contributed by atoms with van der Waals surface area (Å²) in [4.78, 5) is 26.6. The van der Waals surface area contributed by atoms with E-state index in [1.165, 1.54) is 24.1 Å². The van der Waals surface area contributed by atoms with Crippen molar-refractivity contribution in [1.82, 2.24) is 4.90 Å². The molecule has 22 heavy (non-hydrogen) atoms. The summed E-state index contributed by atoms with van der Waals surface area (Å²) in [7, 11) is 1.53. The number of nitrogens with zero attached hydrogens (tertiary/aromatic N) is 2. The Hall–Kier alpha value is -2.31. The Morgan fingerprint density at radius 2 is 2.23 bits per heavy atom. The van der Waals surface area contributed by atoms with Gasteiger partial charge in [0.05, 0.1) is 25.4 Å². The summed E-state index contributed by atoms with van der Waals surface area (Å²) in [6.45, 7) is 2.83. The monoisotopic (exact) mass is 310 g/mol. The molecule has 1 aliphatic heterocycles. The lowest BCUT2D eigenvalue weighted by Gasteiger charge is -2.31. The fourth-order valence-electron chi connectivity index (χ4n) is 2.18. The molecule has 0 saturated carbocycles. The van der Waals surface area contributed by atoms with Crippen LogP contribution in [0.5, 0.6) is 5.75 Å². The maximum Gasteiger partial charge on any atom is 0.325 e. The van der Waals surface area contributed by atoms with E-state index in [1.54, 1.807) is 17.9 Å². The number of carbonyl (C=O) groups is 2. The van der Waals surface area contributed by atoms with Crippen molar-refractivity contribution < 1.29 is 23.5 Å². The van der Waals surface area contributed by atoms with Crippen LogP contribution in [-0.4, -0.2) is 56.7 Å². The summed E-state index contributed by atoms with van der Waals surface area (Å²) in [6.07, 6.45) is 0. The molecule has 1 aromatic rings. The Labute approximate surface area is 128 Å². The van der Waals surface area contributed by atoms with E-state index in [1.807, 2.05) is 0 Å². The second-order valence-electron chi connectivity index (χ2n) is 4.94. The van der Waals surface area contributed by atoms with Crippen molar-refractivity contribution in [2.45, 2.75) is 6.92 Å². The Morgan fingerprint density at radius 3 is 2.95 bits per heavy atom. The number of benzene rings is 1. The zero-order valence-corrected chi connectivity index (χ0v) is 12.7. The van der Waals surface area contributed by atoms with Gasteiger partial charge < -0.3 is 19.3 Å². The van der Waals surface area contributed by atoms with Gasteiger partial charge >= 0.3 is 5.97 Å². The van der Waals surface area contributed by atoms with E-state index in [0.29, 0.717) is 24.6 Å². The number of rotatable bonds is 5. The minimum atomic E-state index is -0.452. The molecule has 1 amide bonds. The molecular formula is C15H19FN2O4. The van der Waals surface area contributed by atoms with E-state index in [-0.39, 0.29) is 31.4 Å². The number of halogens is 1. The lowest BCUT2D eigenvalue weighted by atomic mass is 10.2. The average molecular weight is 310 g/mol. The molecule has 1 heterocycles. The topological polar surface area (TPSA) is 59.1 Å². The molecule has 0 bridgehead atoms. The lowest BCUT2D eigenvalue weighted by Crippen LogP contribution is -2.43. The molecule has 0 fully saturated rings. The highest BCUT2D eigenvalue weighted by Crippen LogP contribution is 2.31. The average Bonchev–Trinajstić information content (AvgIpc) is 2.48. The van der Waals surface area contributed by atoms with E-state index in [2.05, 4.69) is 0 Å². The minimum Gasteiger partial charge on any atom is -0.490 e. The number of likely N-dealkylation sites (N-methyl/N-ethyl adjacent to an activating group) is 1. The zero-order chi connectivity index (χ0) is 16.1. The molecule has 1 aromatic carbocycles. The van der Waals surface area contributed by atoms with Crippen molar-refractivity contribution in [2.24, 2.45) is 0 Å². The van der Waals surface area contributed by atoms with Crippen LogP contribution >= 0.6 is 0 Å². The Balaban J connectivity index is 2.01. The van der Waals surface area contributed by atoms with Crippen LogP contribution in [0.15, 0.2) is 18.2 Å². The van der Waals surface area contributed by atoms with Gasteiger partial charge in [-0.3, -0.25) is 9.59 Å². The molecule has 0 saturated heterocycles. The van der Waals surface area contributed by atoms with Gasteiger partial charge in [0.2, 0.25) is 5.91 Å². The van der Waals surface area contributed by atoms with Gasteiger partial charge in [-0.15, -0.1) is 0 Å². The predicted molar refractivity (Wildman–Crippen MR) is 78.4 cm³/mol. The molecule has 0 aliphatic carbocycles. The quantitative estimate of drug-likeness (QED) is 0.761. The van der Waals surface area contributed by atoms with E-state index in [0.717, 1.165) is 0 Å². The third-order valence-electron chi connectivity index (χ3n) is 3.30. The van der Waals surface area contributed by atoms with Gasteiger partial charge in [0.25, 0.3) is 0 Å². The van der Waals surface area contributed by atoms with Crippen LogP contribution in [-0.2, 0) is 14.3 Å². The van der Waals surface area contributed by atoms with Gasteiger partial charge in [-0.2, -0.15) is 0 Å². The summed E-state index contributed by atoms with van der Waals surface area (Å²) < 4.78 is 23.6. The van der Waals surface area contributed by atoms with Crippen molar-refractivity contribution >= 4 is 17.6 Å². The van der Waals surface area contributed by atoms with Crippen molar-refractivity contribution in [1.29, 1.82) is 0 Å². The maximum absolute atomic E-state index is 13.4.